The first kappa shape index (κ1) is 13.1. The van der Waals surface area contributed by atoms with Crippen LogP contribution in [0.3, 0.4) is 0 Å². The molecule has 22 heavy (non-hydrogen) atoms. The molecule has 1 heterocycles. The van der Waals surface area contributed by atoms with Crippen LogP contribution < -0.4 is 5.32 Å². The number of fused-ring (bicyclic) bond motifs is 2. The van der Waals surface area contributed by atoms with E-state index in [0.717, 1.165) is 27.1 Å². The molecule has 0 unspecified atom stereocenters. The van der Waals surface area contributed by atoms with Gasteiger partial charge in [0.1, 0.15) is 0 Å². The second-order valence-electron chi connectivity index (χ2n) is 5.13. The van der Waals surface area contributed by atoms with Crippen molar-refractivity contribution in [3.8, 4) is 0 Å². The lowest BCUT2D eigenvalue weighted by atomic mass is 9.96. The van der Waals surface area contributed by atoms with E-state index in [2.05, 4.69) is 35.6 Å². The highest BCUT2D eigenvalue weighted by atomic mass is 32.2. The Hall–Kier alpha value is -2.59. The van der Waals surface area contributed by atoms with Crippen molar-refractivity contribution in [1.29, 1.82) is 5.41 Å². The van der Waals surface area contributed by atoms with E-state index >= 15 is 0 Å². The van der Waals surface area contributed by atoms with Gasteiger partial charge in [0.25, 0.3) is 5.91 Å². The second kappa shape index (κ2) is 5.00. The van der Waals surface area contributed by atoms with Gasteiger partial charge in [-0.05, 0) is 51.0 Å². The molecule has 0 saturated carbocycles. The summed E-state index contributed by atoms with van der Waals surface area (Å²) in [5, 5.41) is 14.8. The normalized spacial score (nSPS) is 16.6. The fourth-order valence-electron chi connectivity index (χ4n) is 2.78. The van der Waals surface area contributed by atoms with Crippen LogP contribution in [0.1, 0.15) is 5.56 Å². The van der Waals surface area contributed by atoms with Gasteiger partial charge in [-0.15, -0.1) is 0 Å². The van der Waals surface area contributed by atoms with E-state index in [9.17, 15) is 4.79 Å². The zero-order valence-electron chi connectivity index (χ0n) is 11.6. The van der Waals surface area contributed by atoms with Crippen LogP contribution in [-0.4, -0.2) is 11.1 Å². The van der Waals surface area contributed by atoms with E-state index in [0.29, 0.717) is 4.91 Å². The maximum atomic E-state index is 11.9. The smallest absolute Gasteiger partial charge is 0.264 e. The van der Waals surface area contributed by atoms with E-state index in [4.69, 9.17) is 5.41 Å². The number of hydrogen-bond donors (Lipinski definition) is 2. The van der Waals surface area contributed by atoms with Crippen molar-refractivity contribution in [3.63, 3.8) is 0 Å². The molecular weight excluding hydrogens is 292 g/mol. The van der Waals surface area contributed by atoms with E-state index < -0.39 is 0 Å². The van der Waals surface area contributed by atoms with Crippen molar-refractivity contribution in [3.05, 3.63) is 65.1 Å². The number of amidine groups is 1. The molecule has 4 rings (SSSR count). The van der Waals surface area contributed by atoms with Gasteiger partial charge in [0.2, 0.25) is 0 Å². The summed E-state index contributed by atoms with van der Waals surface area (Å²) < 4.78 is 0. The molecule has 0 atom stereocenters. The maximum absolute atomic E-state index is 11.9. The highest BCUT2D eigenvalue weighted by Crippen LogP contribution is 2.33. The van der Waals surface area contributed by atoms with Crippen molar-refractivity contribution in [2.75, 3.05) is 0 Å². The second-order valence-corrected chi connectivity index (χ2v) is 6.18. The van der Waals surface area contributed by atoms with Gasteiger partial charge in [-0.2, -0.15) is 0 Å². The van der Waals surface area contributed by atoms with Gasteiger partial charge in [0, 0.05) is 0 Å². The van der Waals surface area contributed by atoms with Crippen molar-refractivity contribution < 1.29 is 4.79 Å². The van der Waals surface area contributed by atoms with E-state index in [1.54, 1.807) is 0 Å². The number of amides is 1. The van der Waals surface area contributed by atoms with E-state index in [1.165, 1.54) is 11.8 Å². The third-order valence-electron chi connectivity index (χ3n) is 3.75. The highest BCUT2D eigenvalue weighted by molar-refractivity contribution is 8.18. The lowest BCUT2D eigenvalue weighted by Gasteiger charge is -2.08. The van der Waals surface area contributed by atoms with Gasteiger partial charge in [-0.1, -0.05) is 48.5 Å². The third kappa shape index (κ3) is 2.09. The summed E-state index contributed by atoms with van der Waals surface area (Å²) in [6.45, 7) is 0. The van der Waals surface area contributed by atoms with E-state index in [-0.39, 0.29) is 11.1 Å². The summed E-state index contributed by atoms with van der Waals surface area (Å²) in [5.41, 5.74) is 1.03. The molecule has 1 fully saturated rings. The summed E-state index contributed by atoms with van der Waals surface area (Å²) in [7, 11) is 0. The van der Waals surface area contributed by atoms with E-state index in [1.807, 2.05) is 30.3 Å². The SMILES string of the molecule is N=C1NC(=O)C(=Cc2c3ccccc3cc3ccccc23)S1. The quantitative estimate of drug-likeness (QED) is 0.524. The fourth-order valence-corrected chi connectivity index (χ4v) is 3.46. The number of hydrogen-bond acceptors (Lipinski definition) is 3. The Morgan fingerprint density at radius 3 is 2.09 bits per heavy atom. The number of nitrogens with one attached hydrogen (secondary N) is 2. The van der Waals surface area contributed by atoms with Gasteiger partial charge in [-0.25, -0.2) is 0 Å². The Morgan fingerprint density at radius 1 is 0.955 bits per heavy atom. The Kier molecular flexibility index (Phi) is 2.98. The van der Waals surface area contributed by atoms with Crippen LogP contribution in [0.2, 0.25) is 0 Å². The minimum atomic E-state index is -0.202. The van der Waals surface area contributed by atoms with Gasteiger partial charge in [-0.3, -0.25) is 10.2 Å². The Balaban J connectivity index is 2.07. The molecule has 0 spiro atoms. The molecular formula is C18H12N2OS. The van der Waals surface area contributed by atoms with Gasteiger partial charge in [0.15, 0.2) is 5.17 Å². The topological polar surface area (TPSA) is 53.0 Å². The molecule has 3 aromatic rings. The lowest BCUT2D eigenvalue weighted by molar-refractivity contribution is -0.115. The Morgan fingerprint density at radius 2 is 1.55 bits per heavy atom. The summed E-state index contributed by atoms with van der Waals surface area (Å²) >= 11 is 1.17. The summed E-state index contributed by atoms with van der Waals surface area (Å²) in [6.07, 6.45) is 1.90. The van der Waals surface area contributed by atoms with Crippen molar-refractivity contribution >= 4 is 50.5 Å². The van der Waals surface area contributed by atoms with Gasteiger partial charge < -0.3 is 5.32 Å². The van der Waals surface area contributed by atoms with Crippen LogP contribution in [0.4, 0.5) is 0 Å². The average molecular weight is 304 g/mol. The zero-order chi connectivity index (χ0) is 15.1. The predicted octanol–water partition coefficient (Wildman–Crippen LogP) is 4.13. The van der Waals surface area contributed by atoms with Crippen molar-refractivity contribution in [2.45, 2.75) is 0 Å². The first-order valence-corrected chi connectivity index (χ1v) is 7.74. The highest BCUT2D eigenvalue weighted by Gasteiger charge is 2.22. The molecule has 0 bridgehead atoms. The molecule has 106 valence electrons. The van der Waals surface area contributed by atoms with Crippen LogP contribution in [0, 0.1) is 5.41 Å². The summed E-state index contributed by atoms with van der Waals surface area (Å²) in [6, 6.07) is 18.5. The van der Waals surface area contributed by atoms with Gasteiger partial charge >= 0.3 is 0 Å². The number of carbonyl (C=O) groups is 1. The third-order valence-corrected chi connectivity index (χ3v) is 4.58. The molecule has 0 aromatic heterocycles. The standard InChI is InChI=1S/C18H12N2OS/c19-18-20-17(21)16(22-18)10-15-13-7-3-1-5-11(13)9-12-6-2-4-8-14(12)15/h1-10H,(H2,19,20,21). The molecule has 1 aliphatic rings. The Bertz CT molecular complexity index is 921. The van der Waals surface area contributed by atoms with Crippen molar-refractivity contribution in [1.82, 2.24) is 5.32 Å². The van der Waals surface area contributed by atoms with Crippen molar-refractivity contribution in [2.24, 2.45) is 0 Å². The number of thioether (sulfide) groups is 1. The molecule has 0 radical (unpaired) electrons. The number of rotatable bonds is 1. The van der Waals surface area contributed by atoms with Crippen LogP contribution in [-0.2, 0) is 4.79 Å². The molecule has 4 heteroatoms. The monoisotopic (exact) mass is 304 g/mol. The first-order chi connectivity index (χ1) is 10.7. The van der Waals surface area contributed by atoms with Gasteiger partial charge in [0.05, 0.1) is 4.91 Å². The molecule has 1 saturated heterocycles. The predicted molar refractivity (Wildman–Crippen MR) is 92.9 cm³/mol. The summed E-state index contributed by atoms with van der Waals surface area (Å²) in [4.78, 5) is 12.5. The number of benzene rings is 3. The molecule has 1 aliphatic heterocycles. The maximum Gasteiger partial charge on any atom is 0.264 e. The summed E-state index contributed by atoms with van der Waals surface area (Å²) in [5.74, 6) is -0.202. The molecule has 0 aliphatic carbocycles. The van der Waals surface area contributed by atoms with Crippen LogP contribution in [0.25, 0.3) is 27.6 Å². The van der Waals surface area contributed by atoms with Crippen LogP contribution >= 0.6 is 11.8 Å². The molecule has 3 aromatic carbocycles. The molecule has 2 N–H and O–H groups in total. The minimum Gasteiger partial charge on any atom is -0.301 e. The lowest BCUT2D eigenvalue weighted by Crippen LogP contribution is -2.18. The molecule has 1 amide bonds. The minimum absolute atomic E-state index is 0.181. The largest absolute Gasteiger partial charge is 0.301 e. The first-order valence-electron chi connectivity index (χ1n) is 6.92. The average Bonchev–Trinajstić information content (AvgIpc) is 2.84. The Labute approximate surface area is 131 Å². The zero-order valence-corrected chi connectivity index (χ0v) is 12.4. The van der Waals surface area contributed by atoms with Crippen LogP contribution in [0.15, 0.2) is 59.5 Å². The van der Waals surface area contributed by atoms with Crippen LogP contribution in [0.5, 0.6) is 0 Å². The number of carbonyl (C=O) groups excluding carboxylic acids is 1. The molecule has 3 nitrogen and oxygen atoms in total. The fraction of sp³-hybridized carbons (Fsp3) is 0.